The van der Waals surface area contributed by atoms with E-state index >= 15 is 0 Å². The Balaban J connectivity index is 1.66. The van der Waals surface area contributed by atoms with Gasteiger partial charge in [-0.25, -0.2) is 4.39 Å². The van der Waals surface area contributed by atoms with Crippen LogP contribution in [0.15, 0.2) is 18.2 Å². The fourth-order valence-electron chi connectivity index (χ4n) is 2.96. The van der Waals surface area contributed by atoms with Gasteiger partial charge in [-0.3, -0.25) is 4.79 Å². The van der Waals surface area contributed by atoms with E-state index in [1.807, 2.05) is 0 Å². The summed E-state index contributed by atoms with van der Waals surface area (Å²) in [6.45, 7) is 2.22. The van der Waals surface area contributed by atoms with Gasteiger partial charge in [0.1, 0.15) is 5.82 Å². The van der Waals surface area contributed by atoms with E-state index in [1.54, 1.807) is 31.0 Å². The Morgan fingerprint density at radius 3 is 2.95 bits per heavy atom. The smallest absolute Gasteiger partial charge is 0.226 e. The minimum atomic E-state index is -0.219. The lowest BCUT2D eigenvalue weighted by Crippen LogP contribution is -2.35. The number of carbonyl (C=O) groups is 1. The number of carbonyl (C=O) groups excluding carboxylic acids is 1. The van der Waals surface area contributed by atoms with Crippen molar-refractivity contribution in [1.29, 1.82) is 0 Å². The monoisotopic (exact) mass is 302 g/mol. The molecule has 0 saturated heterocycles. The lowest BCUT2D eigenvalue weighted by molar-refractivity contribution is -0.135. The maximum absolute atomic E-state index is 13.3. The van der Waals surface area contributed by atoms with Crippen molar-refractivity contribution in [2.45, 2.75) is 32.7 Å². The van der Waals surface area contributed by atoms with Gasteiger partial charge in [-0.2, -0.15) is 15.4 Å². The van der Waals surface area contributed by atoms with Crippen LogP contribution < -0.4 is 0 Å². The molecule has 0 saturated carbocycles. The molecule has 1 aromatic heterocycles. The molecule has 22 heavy (non-hydrogen) atoms. The summed E-state index contributed by atoms with van der Waals surface area (Å²) in [6, 6.07) is 4.96. The van der Waals surface area contributed by atoms with Crippen molar-refractivity contribution in [2.24, 2.45) is 5.92 Å². The molecule has 0 aliphatic heterocycles. The SMILES string of the molecule is Cc1cc(CN(C)C(=O)C2CCc3n[nH]nc3C2)ccc1F. The van der Waals surface area contributed by atoms with Crippen LogP contribution in [0.4, 0.5) is 4.39 Å². The van der Waals surface area contributed by atoms with E-state index in [0.29, 0.717) is 18.5 Å². The molecule has 1 N–H and O–H groups in total. The lowest BCUT2D eigenvalue weighted by atomic mass is 9.88. The molecule has 0 bridgehead atoms. The van der Waals surface area contributed by atoms with Crippen LogP contribution in [0.3, 0.4) is 0 Å². The number of aromatic nitrogens is 3. The number of aryl methyl sites for hydroxylation is 2. The van der Waals surface area contributed by atoms with Crippen molar-refractivity contribution in [3.63, 3.8) is 0 Å². The molecule has 0 spiro atoms. The summed E-state index contributed by atoms with van der Waals surface area (Å²) in [7, 11) is 1.79. The quantitative estimate of drug-likeness (QED) is 0.943. The highest BCUT2D eigenvalue weighted by molar-refractivity contribution is 5.79. The molecule has 1 unspecified atom stereocenters. The maximum atomic E-state index is 13.3. The first kappa shape index (κ1) is 14.7. The van der Waals surface area contributed by atoms with Crippen LogP contribution in [-0.2, 0) is 24.2 Å². The number of amides is 1. The average Bonchev–Trinajstić information content (AvgIpc) is 2.97. The molecule has 1 aliphatic carbocycles. The molecule has 3 rings (SSSR count). The van der Waals surface area contributed by atoms with Gasteiger partial charge in [-0.05, 0) is 37.0 Å². The number of aromatic amines is 1. The normalized spacial score (nSPS) is 17.1. The van der Waals surface area contributed by atoms with Crippen LogP contribution in [0.1, 0.15) is 28.9 Å². The van der Waals surface area contributed by atoms with Gasteiger partial charge in [0.2, 0.25) is 5.91 Å². The van der Waals surface area contributed by atoms with Gasteiger partial charge in [0, 0.05) is 25.9 Å². The predicted octanol–water partition coefficient (Wildman–Crippen LogP) is 2.02. The molecular formula is C16H19FN4O. The Morgan fingerprint density at radius 2 is 2.18 bits per heavy atom. The number of hydrogen-bond donors (Lipinski definition) is 1. The third kappa shape index (κ3) is 2.86. The number of rotatable bonds is 3. The maximum Gasteiger partial charge on any atom is 0.226 e. The Labute approximate surface area is 128 Å². The second-order valence-electron chi connectivity index (χ2n) is 5.93. The third-order valence-electron chi connectivity index (χ3n) is 4.24. The number of fused-ring (bicyclic) bond motifs is 1. The van der Waals surface area contributed by atoms with E-state index in [2.05, 4.69) is 15.4 Å². The molecule has 0 fully saturated rings. The topological polar surface area (TPSA) is 61.9 Å². The zero-order valence-corrected chi connectivity index (χ0v) is 12.8. The van der Waals surface area contributed by atoms with Gasteiger partial charge < -0.3 is 4.90 Å². The lowest BCUT2D eigenvalue weighted by Gasteiger charge is -2.25. The molecule has 1 atom stereocenters. The van der Waals surface area contributed by atoms with Crippen LogP contribution in [0.25, 0.3) is 0 Å². The molecule has 0 radical (unpaired) electrons. The van der Waals surface area contributed by atoms with E-state index in [1.165, 1.54) is 6.07 Å². The highest BCUT2D eigenvalue weighted by Gasteiger charge is 2.29. The standard InChI is InChI=1S/C16H19FN4O/c1-10-7-11(3-5-13(10)17)9-21(2)16(22)12-4-6-14-15(8-12)19-20-18-14/h3,5,7,12H,4,6,8-9H2,1-2H3,(H,18,19,20). The van der Waals surface area contributed by atoms with Crippen LogP contribution in [0, 0.1) is 18.7 Å². The van der Waals surface area contributed by atoms with Gasteiger partial charge >= 0.3 is 0 Å². The van der Waals surface area contributed by atoms with Gasteiger partial charge in [-0.15, -0.1) is 0 Å². The average molecular weight is 302 g/mol. The van der Waals surface area contributed by atoms with E-state index < -0.39 is 0 Å². The summed E-state index contributed by atoms with van der Waals surface area (Å²) >= 11 is 0. The second-order valence-corrected chi connectivity index (χ2v) is 5.93. The van der Waals surface area contributed by atoms with E-state index in [4.69, 9.17) is 0 Å². The molecule has 1 heterocycles. The zero-order chi connectivity index (χ0) is 15.7. The largest absolute Gasteiger partial charge is 0.341 e. The summed E-state index contributed by atoms with van der Waals surface area (Å²) in [5.74, 6) is -0.164. The molecular weight excluding hydrogens is 283 g/mol. The molecule has 2 aromatic rings. The Kier molecular flexibility index (Phi) is 3.92. The second kappa shape index (κ2) is 5.87. The van der Waals surface area contributed by atoms with Crippen LogP contribution in [0.5, 0.6) is 0 Å². The van der Waals surface area contributed by atoms with Gasteiger partial charge in [-0.1, -0.05) is 12.1 Å². The fourth-order valence-corrected chi connectivity index (χ4v) is 2.96. The molecule has 1 amide bonds. The number of benzene rings is 1. The van der Waals surface area contributed by atoms with Crippen molar-refractivity contribution in [1.82, 2.24) is 20.3 Å². The Hall–Kier alpha value is -2.24. The molecule has 6 heteroatoms. The summed E-state index contributed by atoms with van der Waals surface area (Å²) in [5.41, 5.74) is 3.41. The van der Waals surface area contributed by atoms with Crippen LogP contribution in [0.2, 0.25) is 0 Å². The summed E-state index contributed by atoms with van der Waals surface area (Å²) in [6.07, 6.45) is 2.22. The number of nitrogens with one attached hydrogen (secondary N) is 1. The first-order chi connectivity index (χ1) is 10.5. The van der Waals surface area contributed by atoms with Crippen molar-refractivity contribution in [3.05, 3.63) is 46.5 Å². The number of H-pyrrole nitrogens is 1. The van der Waals surface area contributed by atoms with Crippen LogP contribution in [-0.4, -0.2) is 33.3 Å². The minimum Gasteiger partial charge on any atom is -0.341 e. The molecule has 116 valence electrons. The van der Waals surface area contributed by atoms with E-state index in [-0.39, 0.29) is 17.6 Å². The van der Waals surface area contributed by atoms with E-state index in [0.717, 1.165) is 29.8 Å². The number of nitrogens with zero attached hydrogens (tertiary/aromatic N) is 3. The van der Waals surface area contributed by atoms with Crippen molar-refractivity contribution in [2.75, 3.05) is 7.05 Å². The minimum absolute atomic E-state index is 0.0517. The predicted molar refractivity (Wildman–Crippen MR) is 79.5 cm³/mol. The summed E-state index contributed by atoms with van der Waals surface area (Å²) < 4.78 is 13.3. The fraction of sp³-hybridized carbons (Fsp3) is 0.438. The van der Waals surface area contributed by atoms with E-state index in [9.17, 15) is 9.18 Å². The Morgan fingerprint density at radius 1 is 1.41 bits per heavy atom. The summed E-state index contributed by atoms with van der Waals surface area (Å²) in [4.78, 5) is 14.3. The molecule has 5 nitrogen and oxygen atoms in total. The van der Waals surface area contributed by atoms with Crippen molar-refractivity contribution < 1.29 is 9.18 Å². The number of hydrogen-bond acceptors (Lipinski definition) is 3. The first-order valence-corrected chi connectivity index (χ1v) is 7.43. The number of halogens is 1. The Bertz CT molecular complexity index is 697. The van der Waals surface area contributed by atoms with Gasteiger partial charge in [0.25, 0.3) is 0 Å². The first-order valence-electron chi connectivity index (χ1n) is 7.43. The van der Waals surface area contributed by atoms with Gasteiger partial charge in [0.15, 0.2) is 0 Å². The highest BCUT2D eigenvalue weighted by Crippen LogP contribution is 2.24. The van der Waals surface area contributed by atoms with Crippen molar-refractivity contribution >= 4 is 5.91 Å². The molecule has 1 aliphatic rings. The summed E-state index contributed by atoms with van der Waals surface area (Å²) in [5, 5.41) is 10.8. The zero-order valence-electron chi connectivity index (χ0n) is 12.8. The molecule has 1 aromatic carbocycles. The highest BCUT2D eigenvalue weighted by atomic mass is 19.1. The van der Waals surface area contributed by atoms with Crippen molar-refractivity contribution in [3.8, 4) is 0 Å². The van der Waals surface area contributed by atoms with Crippen LogP contribution >= 0.6 is 0 Å². The van der Waals surface area contributed by atoms with Gasteiger partial charge in [0.05, 0.1) is 11.4 Å². The third-order valence-corrected chi connectivity index (χ3v) is 4.24.